The number of hydrogen-bond donors (Lipinski definition) is 1. The fraction of sp³-hybridized carbons (Fsp3) is 0.500. The molecule has 94 valence electrons. The summed E-state index contributed by atoms with van der Waals surface area (Å²) in [5, 5.41) is 3.10. The summed E-state index contributed by atoms with van der Waals surface area (Å²) in [5.74, 6) is 0. The monoisotopic (exact) mass is 245 g/mol. The average molecular weight is 245 g/mol. The molecule has 1 heterocycles. The van der Waals surface area contributed by atoms with E-state index in [4.69, 9.17) is 4.74 Å². The minimum Gasteiger partial charge on any atom is -0.375 e. The first kappa shape index (κ1) is 12.4. The first-order valence-electron chi connectivity index (χ1n) is 5.37. The van der Waals surface area contributed by atoms with Gasteiger partial charge in [-0.3, -0.25) is 0 Å². The maximum atomic E-state index is 12.4. The lowest BCUT2D eigenvalue weighted by molar-refractivity contribution is -0.137. The van der Waals surface area contributed by atoms with Gasteiger partial charge in [0.2, 0.25) is 0 Å². The van der Waals surface area contributed by atoms with E-state index >= 15 is 0 Å². The summed E-state index contributed by atoms with van der Waals surface area (Å²) in [6.07, 6.45) is -3.63. The standard InChI is InChI=1S/C12H14F3NO/c1-17-11(7-16-8-11)6-9-2-4-10(5-3-9)12(13,14)15/h2-5,16H,6-8H2,1H3. The van der Waals surface area contributed by atoms with Gasteiger partial charge in [0.25, 0.3) is 0 Å². The Kier molecular flexibility index (Phi) is 3.14. The molecule has 1 fully saturated rings. The van der Waals surface area contributed by atoms with E-state index in [-0.39, 0.29) is 5.60 Å². The normalized spacial score (nSPS) is 18.8. The molecule has 0 bridgehead atoms. The first-order chi connectivity index (χ1) is 7.95. The second-order valence-electron chi connectivity index (χ2n) is 4.36. The molecule has 1 saturated heterocycles. The minimum atomic E-state index is -4.27. The zero-order valence-electron chi connectivity index (χ0n) is 9.47. The summed E-state index contributed by atoms with van der Waals surface area (Å²) in [4.78, 5) is 0. The van der Waals surface area contributed by atoms with Crippen molar-refractivity contribution in [3.8, 4) is 0 Å². The molecule has 5 heteroatoms. The molecular formula is C12H14F3NO. The van der Waals surface area contributed by atoms with Crippen LogP contribution >= 0.6 is 0 Å². The number of alkyl halides is 3. The van der Waals surface area contributed by atoms with Gasteiger partial charge < -0.3 is 10.1 Å². The van der Waals surface area contributed by atoms with Gasteiger partial charge in [-0.15, -0.1) is 0 Å². The Morgan fingerprint density at radius 2 is 1.82 bits per heavy atom. The summed E-state index contributed by atoms with van der Waals surface area (Å²) >= 11 is 0. The molecule has 2 nitrogen and oxygen atoms in total. The molecule has 1 aromatic carbocycles. The van der Waals surface area contributed by atoms with Gasteiger partial charge in [0.05, 0.1) is 11.2 Å². The van der Waals surface area contributed by atoms with Crippen molar-refractivity contribution in [3.63, 3.8) is 0 Å². The Morgan fingerprint density at radius 3 is 2.18 bits per heavy atom. The zero-order chi connectivity index (χ0) is 12.5. The third kappa shape index (κ3) is 2.61. The van der Waals surface area contributed by atoms with Gasteiger partial charge in [0.1, 0.15) is 0 Å². The number of rotatable bonds is 3. The molecule has 0 aliphatic carbocycles. The van der Waals surface area contributed by atoms with E-state index in [2.05, 4.69) is 5.32 Å². The molecule has 2 rings (SSSR count). The van der Waals surface area contributed by atoms with Crippen LogP contribution in [0.3, 0.4) is 0 Å². The summed E-state index contributed by atoms with van der Waals surface area (Å²) in [7, 11) is 1.63. The Hall–Kier alpha value is -1.07. The topological polar surface area (TPSA) is 21.3 Å². The van der Waals surface area contributed by atoms with E-state index in [1.807, 2.05) is 0 Å². The molecule has 1 aliphatic heterocycles. The van der Waals surface area contributed by atoms with Crippen molar-refractivity contribution in [3.05, 3.63) is 35.4 Å². The Morgan fingerprint density at radius 1 is 1.24 bits per heavy atom. The van der Waals surface area contributed by atoms with Crippen molar-refractivity contribution in [2.45, 2.75) is 18.2 Å². The second-order valence-corrected chi connectivity index (χ2v) is 4.36. The number of nitrogens with one attached hydrogen (secondary N) is 1. The number of hydrogen-bond acceptors (Lipinski definition) is 2. The van der Waals surface area contributed by atoms with E-state index in [9.17, 15) is 13.2 Å². The highest BCUT2D eigenvalue weighted by atomic mass is 19.4. The van der Waals surface area contributed by atoms with Gasteiger partial charge in [-0.1, -0.05) is 12.1 Å². The Bertz CT molecular complexity index is 376. The third-order valence-electron chi connectivity index (χ3n) is 3.13. The van der Waals surface area contributed by atoms with Crippen molar-refractivity contribution in [1.29, 1.82) is 0 Å². The predicted molar refractivity (Wildman–Crippen MR) is 57.8 cm³/mol. The minimum absolute atomic E-state index is 0.250. The molecule has 0 radical (unpaired) electrons. The van der Waals surface area contributed by atoms with Gasteiger partial charge in [-0.25, -0.2) is 0 Å². The molecule has 17 heavy (non-hydrogen) atoms. The van der Waals surface area contributed by atoms with Crippen molar-refractivity contribution < 1.29 is 17.9 Å². The molecule has 0 spiro atoms. The number of ether oxygens (including phenoxy) is 1. The van der Waals surface area contributed by atoms with Crippen LogP contribution in [0.4, 0.5) is 13.2 Å². The van der Waals surface area contributed by atoms with Crippen molar-refractivity contribution in [1.82, 2.24) is 5.32 Å². The van der Waals surface area contributed by atoms with Gasteiger partial charge in [-0.2, -0.15) is 13.2 Å². The number of benzene rings is 1. The third-order valence-corrected chi connectivity index (χ3v) is 3.13. The van der Waals surface area contributed by atoms with Crippen molar-refractivity contribution >= 4 is 0 Å². The fourth-order valence-electron chi connectivity index (χ4n) is 1.93. The van der Waals surface area contributed by atoms with Gasteiger partial charge in [0.15, 0.2) is 0 Å². The zero-order valence-corrected chi connectivity index (χ0v) is 9.47. The lowest BCUT2D eigenvalue weighted by atomic mass is 9.88. The molecular weight excluding hydrogens is 231 g/mol. The lowest BCUT2D eigenvalue weighted by Gasteiger charge is -2.41. The second kappa shape index (κ2) is 4.31. The molecule has 1 N–H and O–H groups in total. The predicted octanol–water partition coefficient (Wildman–Crippen LogP) is 2.24. The molecule has 1 aliphatic rings. The van der Waals surface area contributed by atoms with Crippen LogP contribution in [0.2, 0.25) is 0 Å². The summed E-state index contributed by atoms with van der Waals surface area (Å²) < 4.78 is 42.5. The van der Waals surface area contributed by atoms with Gasteiger partial charge in [-0.05, 0) is 17.7 Å². The molecule has 0 amide bonds. The molecule has 0 aromatic heterocycles. The molecule has 0 atom stereocenters. The van der Waals surface area contributed by atoms with Gasteiger partial charge in [0, 0.05) is 26.6 Å². The van der Waals surface area contributed by atoms with Crippen molar-refractivity contribution in [2.75, 3.05) is 20.2 Å². The highest BCUT2D eigenvalue weighted by Crippen LogP contribution is 2.30. The lowest BCUT2D eigenvalue weighted by Crippen LogP contribution is -2.61. The van der Waals surface area contributed by atoms with Crippen LogP contribution in [0.15, 0.2) is 24.3 Å². The Labute approximate surface area is 97.8 Å². The van der Waals surface area contributed by atoms with Crippen LogP contribution in [-0.2, 0) is 17.3 Å². The van der Waals surface area contributed by atoms with E-state index in [1.165, 1.54) is 12.1 Å². The van der Waals surface area contributed by atoms with E-state index in [0.717, 1.165) is 30.8 Å². The SMILES string of the molecule is COC1(Cc2ccc(C(F)(F)F)cc2)CNC1. The largest absolute Gasteiger partial charge is 0.416 e. The fourth-order valence-corrected chi connectivity index (χ4v) is 1.93. The van der Waals surface area contributed by atoms with Crippen LogP contribution < -0.4 is 5.32 Å². The van der Waals surface area contributed by atoms with Crippen LogP contribution in [-0.4, -0.2) is 25.8 Å². The van der Waals surface area contributed by atoms with Crippen LogP contribution in [0, 0.1) is 0 Å². The number of halogens is 3. The number of methoxy groups -OCH3 is 1. The maximum absolute atomic E-state index is 12.4. The van der Waals surface area contributed by atoms with Crippen LogP contribution in [0.1, 0.15) is 11.1 Å². The van der Waals surface area contributed by atoms with E-state index < -0.39 is 11.7 Å². The quantitative estimate of drug-likeness (QED) is 0.881. The molecule has 0 unspecified atom stereocenters. The van der Waals surface area contributed by atoms with E-state index in [1.54, 1.807) is 7.11 Å². The smallest absolute Gasteiger partial charge is 0.375 e. The highest BCUT2D eigenvalue weighted by molar-refractivity contribution is 5.26. The molecule has 1 aromatic rings. The van der Waals surface area contributed by atoms with Crippen LogP contribution in [0.5, 0.6) is 0 Å². The Balaban J connectivity index is 2.08. The first-order valence-corrected chi connectivity index (χ1v) is 5.37. The van der Waals surface area contributed by atoms with Crippen molar-refractivity contribution in [2.24, 2.45) is 0 Å². The summed E-state index contributed by atoms with van der Waals surface area (Å²) in [5.41, 5.74) is 0.000493. The van der Waals surface area contributed by atoms with Crippen LogP contribution in [0.25, 0.3) is 0 Å². The maximum Gasteiger partial charge on any atom is 0.416 e. The summed E-state index contributed by atoms with van der Waals surface area (Å²) in [6.45, 7) is 1.48. The summed E-state index contributed by atoms with van der Waals surface area (Å²) in [6, 6.07) is 5.26. The van der Waals surface area contributed by atoms with E-state index in [0.29, 0.717) is 6.42 Å². The average Bonchev–Trinajstić information content (AvgIpc) is 2.23. The highest BCUT2D eigenvalue weighted by Gasteiger charge is 2.37. The molecule has 0 saturated carbocycles. The van der Waals surface area contributed by atoms with Gasteiger partial charge >= 0.3 is 6.18 Å².